The van der Waals surface area contributed by atoms with Gasteiger partial charge in [0.25, 0.3) is 5.78 Å². The van der Waals surface area contributed by atoms with Gasteiger partial charge in [-0.25, -0.2) is 4.98 Å². The van der Waals surface area contributed by atoms with E-state index >= 15 is 0 Å². The van der Waals surface area contributed by atoms with E-state index in [0.29, 0.717) is 27.4 Å². The molecule has 0 saturated heterocycles. The Morgan fingerprint density at radius 2 is 1.78 bits per heavy atom. The van der Waals surface area contributed by atoms with Gasteiger partial charge in [0.15, 0.2) is 0 Å². The molecule has 4 aromatic rings. The van der Waals surface area contributed by atoms with Crippen LogP contribution >= 0.6 is 24.0 Å². The second-order valence-electron chi connectivity index (χ2n) is 8.76. The molecule has 188 valence electrons. The summed E-state index contributed by atoms with van der Waals surface area (Å²) in [5.41, 5.74) is 5.38. The molecule has 0 bridgehead atoms. The molecule has 1 unspecified atom stereocenters. The van der Waals surface area contributed by atoms with Crippen LogP contribution in [0.1, 0.15) is 38.7 Å². The SMILES string of the molecule is Cc1ccc(C)c2c1C(=O)C(=O)N2C(C(=O)NCc1cccc(Cl)c1)c1ccc(-c2cnc[nH]2)cc1.Cl. The number of anilines is 1. The fourth-order valence-corrected chi connectivity index (χ4v) is 4.78. The van der Waals surface area contributed by atoms with Crippen LogP contribution in [0.5, 0.6) is 0 Å². The molecular weight excluding hydrogens is 511 g/mol. The number of rotatable bonds is 6. The highest BCUT2D eigenvalue weighted by Crippen LogP contribution is 2.40. The molecule has 0 saturated carbocycles. The molecule has 0 fully saturated rings. The lowest BCUT2D eigenvalue weighted by molar-refractivity contribution is -0.125. The lowest BCUT2D eigenvalue weighted by atomic mass is 9.99. The second-order valence-corrected chi connectivity index (χ2v) is 9.20. The third kappa shape index (κ3) is 4.88. The summed E-state index contributed by atoms with van der Waals surface area (Å²) in [6.07, 6.45) is 3.29. The van der Waals surface area contributed by atoms with Gasteiger partial charge in [-0.2, -0.15) is 0 Å². The number of H-pyrrole nitrogens is 1. The first-order valence-electron chi connectivity index (χ1n) is 11.4. The monoisotopic (exact) mass is 534 g/mol. The summed E-state index contributed by atoms with van der Waals surface area (Å²) in [7, 11) is 0. The third-order valence-corrected chi connectivity index (χ3v) is 6.60. The number of nitrogens with zero attached hydrogens (tertiary/aromatic N) is 2. The van der Waals surface area contributed by atoms with E-state index in [2.05, 4.69) is 15.3 Å². The van der Waals surface area contributed by atoms with Crippen LogP contribution in [-0.2, 0) is 16.1 Å². The van der Waals surface area contributed by atoms with Crippen molar-refractivity contribution in [1.29, 1.82) is 0 Å². The molecule has 7 nitrogen and oxygen atoms in total. The number of hydrogen-bond donors (Lipinski definition) is 2. The van der Waals surface area contributed by atoms with Gasteiger partial charge in [0.2, 0.25) is 5.91 Å². The number of halogens is 2. The molecule has 1 atom stereocenters. The van der Waals surface area contributed by atoms with Crippen LogP contribution in [0.4, 0.5) is 5.69 Å². The van der Waals surface area contributed by atoms with Crippen molar-refractivity contribution in [2.75, 3.05) is 4.90 Å². The number of carbonyl (C=O) groups excluding carboxylic acids is 3. The van der Waals surface area contributed by atoms with Gasteiger partial charge in [-0.05, 0) is 53.8 Å². The topological polar surface area (TPSA) is 95.2 Å². The van der Waals surface area contributed by atoms with Crippen molar-refractivity contribution < 1.29 is 14.4 Å². The molecule has 0 spiro atoms. The first kappa shape index (κ1) is 26.1. The smallest absolute Gasteiger partial charge is 0.300 e. The molecule has 5 rings (SSSR count). The molecule has 37 heavy (non-hydrogen) atoms. The minimum atomic E-state index is -1.04. The fraction of sp³-hybridized carbons (Fsp3) is 0.143. The molecule has 1 aromatic heterocycles. The van der Waals surface area contributed by atoms with E-state index in [9.17, 15) is 14.4 Å². The van der Waals surface area contributed by atoms with Gasteiger partial charge in [-0.15, -0.1) is 12.4 Å². The number of nitrogens with one attached hydrogen (secondary N) is 2. The Labute approximate surface area is 225 Å². The number of fused-ring (bicyclic) bond motifs is 1. The number of benzene rings is 3. The van der Waals surface area contributed by atoms with E-state index in [1.165, 1.54) is 4.90 Å². The lowest BCUT2D eigenvalue weighted by Gasteiger charge is -2.29. The Kier molecular flexibility index (Phi) is 7.47. The molecule has 2 N–H and O–H groups in total. The van der Waals surface area contributed by atoms with Crippen LogP contribution in [0.15, 0.2) is 73.2 Å². The molecule has 2 amide bonds. The van der Waals surface area contributed by atoms with Crippen LogP contribution in [0.25, 0.3) is 11.3 Å². The van der Waals surface area contributed by atoms with E-state index < -0.39 is 23.6 Å². The van der Waals surface area contributed by atoms with Crippen LogP contribution < -0.4 is 10.2 Å². The van der Waals surface area contributed by atoms with Gasteiger partial charge in [0.1, 0.15) is 6.04 Å². The average molecular weight is 535 g/mol. The van der Waals surface area contributed by atoms with Crippen molar-refractivity contribution >= 4 is 47.3 Å². The number of imidazole rings is 1. The number of hydrogen-bond acceptors (Lipinski definition) is 4. The number of Topliss-reactive ketones (excluding diaryl/α,β-unsaturated/α-hetero) is 1. The van der Waals surface area contributed by atoms with Crippen molar-refractivity contribution in [3.63, 3.8) is 0 Å². The largest absolute Gasteiger partial charge is 0.350 e. The molecule has 1 aliphatic rings. The summed E-state index contributed by atoms with van der Waals surface area (Å²) in [4.78, 5) is 48.5. The van der Waals surface area contributed by atoms with Crippen molar-refractivity contribution in [3.8, 4) is 11.3 Å². The summed E-state index contributed by atoms with van der Waals surface area (Å²) in [6, 6.07) is 17.1. The maximum Gasteiger partial charge on any atom is 0.300 e. The van der Waals surface area contributed by atoms with E-state index in [4.69, 9.17) is 11.6 Å². The quantitative estimate of drug-likeness (QED) is 0.325. The predicted molar refractivity (Wildman–Crippen MR) is 145 cm³/mol. The van der Waals surface area contributed by atoms with Crippen LogP contribution in [0, 0.1) is 13.8 Å². The number of aryl methyl sites for hydroxylation is 2. The zero-order valence-corrected chi connectivity index (χ0v) is 21.7. The van der Waals surface area contributed by atoms with Crippen molar-refractivity contribution in [2.24, 2.45) is 0 Å². The zero-order chi connectivity index (χ0) is 25.4. The first-order valence-corrected chi connectivity index (χ1v) is 11.8. The number of aromatic nitrogens is 2. The number of amides is 2. The Hall–Kier alpha value is -3.94. The van der Waals surface area contributed by atoms with Crippen LogP contribution in [0.3, 0.4) is 0 Å². The van der Waals surface area contributed by atoms with Gasteiger partial charge in [0.05, 0.1) is 29.5 Å². The predicted octanol–water partition coefficient (Wildman–Crippen LogP) is 5.36. The molecule has 1 aliphatic heterocycles. The second kappa shape index (κ2) is 10.6. The van der Waals surface area contributed by atoms with Crippen LogP contribution in [-0.4, -0.2) is 27.6 Å². The summed E-state index contributed by atoms with van der Waals surface area (Å²) in [5.74, 6) is -1.73. The highest BCUT2D eigenvalue weighted by atomic mass is 35.5. The molecule has 9 heteroatoms. The molecule has 2 heterocycles. The highest BCUT2D eigenvalue weighted by molar-refractivity contribution is 6.53. The van der Waals surface area contributed by atoms with Gasteiger partial charge >= 0.3 is 5.91 Å². The highest BCUT2D eigenvalue weighted by Gasteiger charge is 2.44. The normalized spacial score (nSPS) is 13.2. The zero-order valence-electron chi connectivity index (χ0n) is 20.1. The minimum Gasteiger partial charge on any atom is -0.350 e. The Morgan fingerprint density at radius 3 is 2.46 bits per heavy atom. The summed E-state index contributed by atoms with van der Waals surface area (Å²) < 4.78 is 0. The summed E-state index contributed by atoms with van der Waals surface area (Å²) in [5, 5.41) is 3.49. The Bertz CT molecular complexity index is 1480. The van der Waals surface area contributed by atoms with Crippen molar-refractivity contribution in [3.05, 3.63) is 106 Å². The van der Waals surface area contributed by atoms with Gasteiger partial charge in [0, 0.05) is 11.6 Å². The molecule has 3 aromatic carbocycles. The van der Waals surface area contributed by atoms with Gasteiger partial charge in [-0.3, -0.25) is 19.3 Å². The Balaban J connectivity index is 0.00000320. The van der Waals surface area contributed by atoms with E-state index in [-0.39, 0.29) is 19.0 Å². The van der Waals surface area contributed by atoms with Crippen LogP contribution in [0.2, 0.25) is 5.02 Å². The van der Waals surface area contributed by atoms with Crippen molar-refractivity contribution in [1.82, 2.24) is 15.3 Å². The standard InChI is InChI=1S/C28H23ClN4O3.ClH/c1-16-6-7-17(2)24-23(16)26(34)28(36)33(24)25(27(35)31-13-18-4-3-5-21(29)12-18)20-10-8-19(9-11-20)22-14-30-15-32-22;/h3-12,14-15,25H,13H2,1-2H3,(H,30,32)(H,31,35);1H. The van der Waals surface area contributed by atoms with Gasteiger partial charge in [-0.1, -0.05) is 60.1 Å². The summed E-state index contributed by atoms with van der Waals surface area (Å²) >= 11 is 6.09. The average Bonchev–Trinajstić information content (AvgIpc) is 3.50. The number of ketones is 1. The van der Waals surface area contributed by atoms with Gasteiger partial charge < -0.3 is 10.3 Å². The van der Waals surface area contributed by atoms with Crippen molar-refractivity contribution in [2.45, 2.75) is 26.4 Å². The summed E-state index contributed by atoms with van der Waals surface area (Å²) in [6.45, 7) is 3.84. The fourth-order valence-electron chi connectivity index (χ4n) is 4.57. The number of carbonyl (C=O) groups is 3. The van der Waals surface area contributed by atoms with E-state index in [1.807, 2.05) is 37.3 Å². The van der Waals surface area contributed by atoms with E-state index in [1.54, 1.807) is 49.8 Å². The molecule has 0 aliphatic carbocycles. The maximum absolute atomic E-state index is 13.7. The van der Waals surface area contributed by atoms with E-state index in [0.717, 1.165) is 22.4 Å². The third-order valence-electron chi connectivity index (χ3n) is 6.37. The molecule has 0 radical (unpaired) electrons. The lowest BCUT2D eigenvalue weighted by Crippen LogP contribution is -2.43. The Morgan fingerprint density at radius 1 is 1.05 bits per heavy atom. The minimum absolute atomic E-state index is 0. The number of aromatic amines is 1. The molecular formula is C28H24Cl2N4O3. The maximum atomic E-state index is 13.7. The first-order chi connectivity index (χ1) is 17.3.